The molecule has 2 heterocycles. The summed E-state index contributed by atoms with van der Waals surface area (Å²) < 4.78 is 5.16. The van der Waals surface area contributed by atoms with Crippen LogP contribution in [0.15, 0.2) is 24.3 Å². The first-order valence-electron chi connectivity index (χ1n) is 9.45. The van der Waals surface area contributed by atoms with Crippen LogP contribution in [0, 0.1) is 26.7 Å². The van der Waals surface area contributed by atoms with Gasteiger partial charge in [-0.1, -0.05) is 12.1 Å². The number of anilines is 1. The number of carbonyl (C=O) groups is 1. The predicted molar refractivity (Wildman–Crippen MR) is 106 cm³/mol. The Morgan fingerprint density at radius 1 is 1.11 bits per heavy atom. The molecule has 1 aromatic heterocycles. The minimum atomic E-state index is 0.0483. The van der Waals surface area contributed by atoms with Crippen LogP contribution in [0.4, 0.5) is 5.95 Å². The van der Waals surface area contributed by atoms with Gasteiger partial charge in [0.15, 0.2) is 0 Å². The van der Waals surface area contributed by atoms with E-state index in [1.54, 1.807) is 7.11 Å². The third-order valence-corrected chi connectivity index (χ3v) is 5.40. The fraction of sp³-hybridized carbons (Fsp3) is 0.476. The summed E-state index contributed by atoms with van der Waals surface area (Å²) in [6.45, 7) is 8.25. The van der Waals surface area contributed by atoms with Crippen LogP contribution in [0.25, 0.3) is 0 Å². The lowest BCUT2D eigenvalue weighted by Gasteiger charge is -2.31. The van der Waals surface area contributed by atoms with E-state index in [1.807, 2.05) is 45.0 Å². The molecule has 6 nitrogen and oxygen atoms in total. The van der Waals surface area contributed by atoms with E-state index in [0.717, 1.165) is 60.1 Å². The van der Waals surface area contributed by atoms with Gasteiger partial charge in [0.05, 0.1) is 7.11 Å². The molecule has 0 unspecified atom stereocenters. The maximum atomic E-state index is 12.5. The Balaban J connectivity index is 1.51. The molecule has 1 N–H and O–H groups in total. The molecular formula is C21H28N4O2. The number of methoxy groups -OCH3 is 1. The summed E-state index contributed by atoms with van der Waals surface area (Å²) in [6, 6.07) is 7.76. The number of nitrogens with zero attached hydrogens (tertiary/aromatic N) is 3. The Bertz CT molecular complexity index is 773. The van der Waals surface area contributed by atoms with Crippen molar-refractivity contribution in [2.45, 2.75) is 40.2 Å². The maximum Gasteiger partial charge on any atom is 0.225 e. The number of carbonyl (C=O) groups excluding carboxylic acids is 1. The summed E-state index contributed by atoms with van der Waals surface area (Å²) in [5.41, 5.74) is 4.26. The van der Waals surface area contributed by atoms with Crippen LogP contribution < -0.4 is 15.0 Å². The molecule has 1 amide bonds. The van der Waals surface area contributed by atoms with Crippen LogP contribution in [-0.4, -0.2) is 36.1 Å². The number of aryl methyl sites for hydroxylation is 2. The first-order valence-corrected chi connectivity index (χ1v) is 9.45. The molecule has 1 fully saturated rings. The Labute approximate surface area is 161 Å². The highest BCUT2D eigenvalue weighted by Crippen LogP contribution is 2.22. The van der Waals surface area contributed by atoms with Crippen LogP contribution in [0.3, 0.4) is 0 Å². The average Bonchev–Trinajstić information content (AvgIpc) is 2.70. The Kier molecular flexibility index (Phi) is 5.94. The summed E-state index contributed by atoms with van der Waals surface area (Å²) in [6.07, 6.45) is 1.65. The van der Waals surface area contributed by atoms with Gasteiger partial charge in [-0.25, -0.2) is 9.97 Å². The molecule has 3 rings (SSSR count). The zero-order valence-corrected chi connectivity index (χ0v) is 16.6. The number of aromatic nitrogens is 2. The maximum absolute atomic E-state index is 12.5. The molecule has 27 heavy (non-hydrogen) atoms. The van der Waals surface area contributed by atoms with Crippen LogP contribution in [0.5, 0.6) is 5.75 Å². The molecule has 1 saturated heterocycles. The number of nitrogens with one attached hydrogen (secondary N) is 1. The number of amides is 1. The normalized spacial score (nSPS) is 14.9. The molecule has 0 atom stereocenters. The molecule has 0 aliphatic carbocycles. The van der Waals surface area contributed by atoms with Gasteiger partial charge >= 0.3 is 0 Å². The summed E-state index contributed by atoms with van der Waals surface area (Å²) in [4.78, 5) is 23.9. The van der Waals surface area contributed by atoms with E-state index in [2.05, 4.69) is 20.2 Å². The van der Waals surface area contributed by atoms with Gasteiger partial charge in [-0.2, -0.15) is 0 Å². The highest BCUT2D eigenvalue weighted by Gasteiger charge is 2.26. The monoisotopic (exact) mass is 368 g/mol. The van der Waals surface area contributed by atoms with E-state index >= 15 is 0 Å². The second-order valence-electron chi connectivity index (χ2n) is 7.15. The zero-order chi connectivity index (χ0) is 19.4. The first-order chi connectivity index (χ1) is 13.0. The van der Waals surface area contributed by atoms with Gasteiger partial charge in [0.2, 0.25) is 11.9 Å². The standard InChI is InChI=1S/C21H28N4O2/c1-14-15(2)23-21(24-16(14)3)25-11-9-18(10-12-25)20(26)22-13-17-5-7-19(27-4)8-6-17/h5-8,18H,9-13H2,1-4H3,(H,22,26). The summed E-state index contributed by atoms with van der Waals surface area (Å²) >= 11 is 0. The van der Waals surface area contributed by atoms with Crippen molar-refractivity contribution in [1.29, 1.82) is 0 Å². The lowest BCUT2D eigenvalue weighted by molar-refractivity contribution is -0.125. The fourth-order valence-electron chi connectivity index (χ4n) is 3.31. The van der Waals surface area contributed by atoms with Gasteiger partial charge < -0.3 is 15.0 Å². The van der Waals surface area contributed by atoms with Crippen molar-refractivity contribution >= 4 is 11.9 Å². The minimum absolute atomic E-state index is 0.0483. The fourth-order valence-corrected chi connectivity index (χ4v) is 3.31. The predicted octanol–water partition coefficient (Wildman–Crippen LogP) is 2.94. The first kappa shape index (κ1) is 19.1. The molecule has 6 heteroatoms. The van der Waals surface area contributed by atoms with E-state index in [1.165, 1.54) is 0 Å². The average molecular weight is 368 g/mol. The van der Waals surface area contributed by atoms with Gasteiger partial charge in [-0.3, -0.25) is 4.79 Å². The topological polar surface area (TPSA) is 67.3 Å². The molecule has 1 aliphatic heterocycles. The highest BCUT2D eigenvalue weighted by atomic mass is 16.5. The number of ether oxygens (including phenoxy) is 1. The molecule has 2 aromatic rings. The van der Waals surface area contributed by atoms with Crippen LogP contribution >= 0.6 is 0 Å². The van der Waals surface area contributed by atoms with Crippen molar-refractivity contribution in [3.63, 3.8) is 0 Å². The SMILES string of the molecule is COc1ccc(CNC(=O)C2CCN(c3nc(C)c(C)c(C)n3)CC2)cc1. The molecule has 0 spiro atoms. The van der Waals surface area contributed by atoms with E-state index in [0.29, 0.717) is 6.54 Å². The van der Waals surface area contributed by atoms with Crippen molar-refractivity contribution in [2.75, 3.05) is 25.1 Å². The van der Waals surface area contributed by atoms with Gasteiger partial charge in [0.25, 0.3) is 0 Å². The third kappa shape index (κ3) is 4.56. The van der Waals surface area contributed by atoms with E-state index < -0.39 is 0 Å². The van der Waals surface area contributed by atoms with E-state index in [-0.39, 0.29) is 11.8 Å². The smallest absolute Gasteiger partial charge is 0.225 e. The molecule has 0 radical (unpaired) electrons. The lowest BCUT2D eigenvalue weighted by Crippen LogP contribution is -2.41. The number of hydrogen-bond acceptors (Lipinski definition) is 5. The van der Waals surface area contributed by atoms with Crippen LogP contribution in [0.2, 0.25) is 0 Å². The van der Waals surface area contributed by atoms with Crippen molar-refractivity contribution in [2.24, 2.45) is 5.92 Å². The minimum Gasteiger partial charge on any atom is -0.497 e. The molecule has 0 bridgehead atoms. The summed E-state index contributed by atoms with van der Waals surface area (Å²) in [7, 11) is 1.65. The van der Waals surface area contributed by atoms with Crippen molar-refractivity contribution in [3.05, 3.63) is 46.8 Å². The summed E-state index contributed by atoms with van der Waals surface area (Å²) in [5, 5.41) is 3.06. The quantitative estimate of drug-likeness (QED) is 0.879. The number of rotatable bonds is 5. The Hall–Kier alpha value is -2.63. The Morgan fingerprint density at radius 3 is 2.26 bits per heavy atom. The molecule has 144 valence electrons. The van der Waals surface area contributed by atoms with Gasteiger partial charge in [-0.15, -0.1) is 0 Å². The van der Waals surface area contributed by atoms with Gasteiger partial charge in [0, 0.05) is 36.9 Å². The molecular weight excluding hydrogens is 340 g/mol. The van der Waals surface area contributed by atoms with Crippen LogP contribution in [0.1, 0.15) is 35.4 Å². The number of piperidine rings is 1. The van der Waals surface area contributed by atoms with Gasteiger partial charge in [0.1, 0.15) is 5.75 Å². The molecule has 0 saturated carbocycles. The van der Waals surface area contributed by atoms with Gasteiger partial charge in [-0.05, 0) is 56.9 Å². The third-order valence-electron chi connectivity index (χ3n) is 5.40. The summed E-state index contributed by atoms with van der Waals surface area (Å²) in [5.74, 6) is 1.78. The van der Waals surface area contributed by atoms with Crippen LogP contribution in [-0.2, 0) is 11.3 Å². The number of hydrogen-bond donors (Lipinski definition) is 1. The van der Waals surface area contributed by atoms with Crippen molar-refractivity contribution < 1.29 is 9.53 Å². The van der Waals surface area contributed by atoms with E-state index in [4.69, 9.17) is 4.74 Å². The second kappa shape index (κ2) is 8.37. The van der Waals surface area contributed by atoms with Crippen molar-refractivity contribution in [3.8, 4) is 5.75 Å². The number of benzene rings is 1. The second-order valence-corrected chi connectivity index (χ2v) is 7.15. The molecule has 1 aliphatic rings. The van der Waals surface area contributed by atoms with Crippen molar-refractivity contribution in [1.82, 2.24) is 15.3 Å². The Morgan fingerprint density at radius 2 is 1.70 bits per heavy atom. The largest absolute Gasteiger partial charge is 0.497 e. The van der Waals surface area contributed by atoms with E-state index in [9.17, 15) is 4.79 Å². The lowest BCUT2D eigenvalue weighted by atomic mass is 9.96. The molecule has 1 aromatic carbocycles. The highest BCUT2D eigenvalue weighted by molar-refractivity contribution is 5.78. The zero-order valence-electron chi connectivity index (χ0n) is 16.6.